The second kappa shape index (κ2) is 10.9. The molecule has 10 rings (SSSR count). The summed E-state index contributed by atoms with van der Waals surface area (Å²) in [6.07, 6.45) is 0. The van der Waals surface area contributed by atoms with Gasteiger partial charge in [-0.25, -0.2) is 0 Å². The number of benzene rings is 7. The van der Waals surface area contributed by atoms with Gasteiger partial charge in [-0.05, 0) is 100 Å². The Morgan fingerprint density at radius 2 is 1.08 bits per heavy atom. The van der Waals surface area contributed by atoms with Gasteiger partial charge in [0.25, 0.3) is 0 Å². The van der Waals surface area contributed by atoms with Crippen LogP contribution in [-0.2, 0) is 5.41 Å². The molecule has 2 aliphatic heterocycles. The predicted molar refractivity (Wildman–Crippen MR) is 214 cm³/mol. The molecule has 0 fully saturated rings. The molecule has 2 aliphatic rings. The number of nitrogens with zero attached hydrogens (tertiary/aromatic N) is 2. The van der Waals surface area contributed by atoms with Crippen molar-refractivity contribution in [3.05, 3.63) is 180 Å². The Morgan fingerprint density at radius 1 is 0.500 bits per heavy atom. The molecule has 7 aromatic carbocycles. The summed E-state index contributed by atoms with van der Waals surface area (Å²) in [4.78, 5) is 4.90. The molecule has 3 heterocycles. The molecule has 0 bridgehead atoms. The minimum atomic E-state index is -0.229. The third-order valence-electron chi connectivity index (χ3n) is 11.1. The Hall–Kier alpha value is -5.64. The van der Waals surface area contributed by atoms with E-state index in [1.54, 1.807) is 0 Å². The number of para-hydroxylation sites is 3. The van der Waals surface area contributed by atoms with E-state index >= 15 is 0 Å². The lowest BCUT2D eigenvalue weighted by Gasteiger charge is -2.43. The smallest absolute Gasteiger partial charge is 0.0509 e. The van der Waals surface area contributed by atoms with E-state index in [1.807, 2.05) is 11.3 Å². The van der Waals surface area contributed by atoms with Gasteiger partial charge in [-0.3, -0.25) is 0 Å². The van der Waals surface area contributed by atoms with Crippen molar-refractivity contribution in [1.29, 1.82) is 0 Å². The normalized spacial score (nSPS) is 14.7. The molecule has 0 amide bonds. The highest BCUT2D eigenvalue weighted by Gasteiger charge is 2.39. The van der Waals surface area contributed by atoms with Crippen molar-refractivity contribution in [2.24, 2.45) is 0 Å². The van der Waals surface area contributed by atoms with Crippen LogP contribution in [0.25, 0.3) is 31.3 Å². The highest BCUT2D eigenvalue weighted by atomic mass is 32.1. The van der Waals surface area contributed by atoms with Gasteiger partial charge in [-0.2, -0.15) is 0 Å². The van der Waals surface area contributed by atoms with E-state index in [-0.39, 0.29) is 5.41 Å². The minimum absolute atomic E-state index is 0.229. The van der Waals surface area contributed by atoms with Crippen LogP contribution in [-0.4, -0.2) is 0 Å². The van der Waals surface area contributed by atoms with E-state index in [4.69, 9.17) is 0 Å². The van der Waals surface area contributed by atoms with Crippen molar-refractivity contribution in [2.45, 2.75) is 32.1 Å². The van der Waals surface area contributed by atoms with Gasteiger partial charge in [-0.1, -0.05) is 112 Å². The maximum Gasteiger partial charge on any atom is 0.0509 e. The van der Waals surface area contributed by atoms with Crippen LogP contribution in [0.3, 0.4) is 0 Å². The fourth-order valence-corrected chi connectivity index (χ4v) is 9.76. The first-order valence-corrected chi connectivity index (χ1v) is 18.3. The number of hydrogen-bond acceptors (Lipinski definition) is 3. The van der Waals surface area contributed by atoms with Gasteiger partial charge in [0.15, 0.2) is 0 Å². The summed E-state index contributed by atoms with van der Waals surface area (Å²) in [5, 5.41) is 2.72. The Kier molecular flexibility index (Phi) is 6.40. The molecule has 0 saturated carbocycles. The van der Waals surface area contributed by atoms with Gasteiger partial charge in [0, 0.05) is 54.3 Å². The van der Waals surface area contributed by atoms with E-state index in [0.29, 0.717) is 5.92 Å². The van der Waals surface area contributed by atoms with E-state index < -0.39 is 0 Å². The molecular formula is C47H36N2S. The van der Waals surface area contributed by atoms with Crippen molar-refractivity contribution >= 4 is 65.6 Å². The average Bonchev–Trinajstić information content (AvgIpc) is 3.54. The number of fused-ring (bicyclic) bond motifs is 8. The van der Waals surface area contributed by atoms with Gasteiger partial charge in [0.2, 0.25) is 0 Å². The fourth-order valence-electron chi connectivity index (χ4n) is 8.65. The van der Waals surface area contributed by atoms with E-state index in [1.165, 1.54) is 87.7 Å². The number of hydrogen-bond donors (Lipinski definition) is 0. The largest absolute Gasteiger partial charge is 0.310 e. The van der Waals surface area contributed by atoms with E-state index in [9.17, 15) is 0 Å². The summed E-state index contributed by atoms with van der Waals surface area (Å²) in [5.41, 5.74) is 15.1. The number of thiophene rings is 1. The van der Waals surface area contributed by atoms with E-state index in [0.717, 1.165) is 0 Å². The first kappa shape index (κ1) is 29.3. The van der Waals surface area contributed by atoms with Crippen LogP contribution >= 0.6 is 11.3 Å². The SMILES string of the molecule is CC1c2ccccc2N(c2ccc(-c3ccc4c(c3)C(C)(C)c3c(ccc5sc6ccccc6c35)N4c3ccccc3)cc2)c2ccccc21. The zero-order valence-corrected chi connectivity index (χ0v) is 29.2. The van der Waals surface area contributed by atoms with Crippen LogP contribution in [0, 0.1) is 0 Å². The standard InChI is InChI=1S/C47H36N2S/c1-30-35-15-7-10-18-39(35)48(40-19-11-8-16-36(30)40)34-24-21-31(22-25-34)32-23-26-41-38(29-32)47(2,3)46-42(49(41)33-13-5-4-6-14-33)27-28-44-45(46)37-17-9-12-20-43(37)50-44/h4-30H,1-3H3. The average molecular weight is 661 g/mol. The van der Waals surface area contributed by atoms with Gasteiger partial charge >= 0.3 is 0 Å². The summed E-state index contributed by atoms with van der Waals surface area (Å²) in [7, 11) is 0. The van der Waals surface area contributed by atoms with E-state index in [2.05, 4.69) is 188 Å². The van der Waals surface area contributed by atoms with Gasteiger partial charge in [0.05, 0.1) is 11.4 Å². The minimum Gasteiger partial charge on any atom is -0.310 e. The zero-order chi connectivity index (χ0) is 33.6. The van der Waals surface area contributed by atoms with Crippen LogP contribution in [0.4, 0.5) is 34.1 Å². The predicted octanol–water partition coefficient (Wildman–Crippen LogP) is 13.8. The third kappa shape index (κ3) is 4.20. The quantitative estimate of drug-likeness (QED) is 0.186. The molecule has 0 unspecified atom stereocenters. The first-order chi connectivity index (χ1) is 24.5. The summed E-state index contributed by atoms with van der Waals surface area (Å²) in [5.74, 6) is 0.352. The lowest BCUT2D eigenvalue weighted by Crippen LogP contribution is -2.31. The van der Waals surface area contributed by atoms with Crippen molar-refractivity contribution in [3.63, 3.8) is 0 Å². The lowest BCUT2D eigenvalue weighted by atomic mass is 9.71. The molecule has 0 saturated heterocycles. The molecule has 0 atom stereocenters. The molecule has 0 spiro atoms. The lowest BCUT2D eigenvalue weighted by molar-refractivity contribution is 0.639. The van der Waals surface area contributed by atoms with Crippen LogP contribution in [0.15, 0.2) is 158 Å². The van der Waals surface area contributed by atoms with Gasteiger partial charge in [-0.15, -0.1) is 11.3 Å². The van der Waals surface area contributed by atoms with Crippen molar-refractivity contribution in [2.75, 3.05) is 9.80 Å². The zero-order valence-electron chi connectivity index (χ0n) is 28.4. The molecule has 0 N–H and O–H groups in total. The van der Waals surface area contributed by atoms with Crippen LogP contribution in [0.5, 0.6) is 0 Å². The molecular weight excluding hydrogens is 625 g/mol. The Labute approximate surface area is 297 Å². The summed E-state index contributed by atoms with van der Waals surface area (Å²) < 4.78 is 2.68. The molecule has 1 aromatic heterocycles. The summed E-state index contributed by atoms with van der Waals surface area (Å²) in [6, 6.07) is 58.3. The second-order valence-electron chi connectivity index (χ2n) is 14.2. The maximum absolute atomic E-state index is 2.47. The van der Waals surface area contributed by atoms with Crippen molar-refractivity contribution < 1.29 is 0 Å². The summed E-state index contributed by atoms with van der Waals surface area (Å²) in [6.45, 7) is 7.15. The molecule has 0 radical (unpaired) electrons. The topological polar surface area (TPSA) is 6.48 Å². The Bertz CT molecular complexity index is 2550. The monoisotopic (exact) mass is 660 g/mol. The molecule has 2 nitrogen and oxygen atoms in total. The third-order valence-corrected chi connectivity index (χ3v) is 12.2. The molecule has 8 aromatic rings. The van der Waals surface area contributed by atoms with Crippen LogP contribution < -0.4 is 9.80 Å². The summed E-state index contributed by atoms with van der Waals surface area (Å²) >= 11 is 1.90. The molecule has 3 heteroatoms. The fraction of sp³-hybridized carbons (Fsp3) is 0.106. The van der Waals surface area contributed by atoms with Gasteiger partial charge < -0.3 is 9.80 Å². The molecule has 240 valence electrons. The number of rotatable bonds is 3. The highest BCUT2D eigenvalue weighted by molar-refractivity contribution is 7.25. The Balaban J connectivity index is 1.12. The van der Waals surface area contributed by atoms with Crippen LogP contribution in [0.2, 0.25) is 0 Å². The maximum atomic E-state index is 2.47. The van der Waals surface area contributed by atoms with Gasteiger partial charge in [0.1, 0.15) is 0 Å². The first-order valence-electron chi connectivity index (χ1n) is 17.5. The number of anilines is 6. The highest BCUT2D eigenvalue weighted by Crippen LogP contribution is 2.56. The van der Waals surface area contributed by atoms with Crippen molar-refractivity contribution in [1.82, 2.24) is 0 Å². The second-order valence-corrected chi connectivity index (χ2v) is 15.3. The molecule has 50 heavy (non-hydrogen) atoms. The Morgan fingerprint density at radius 3 is 1.82 bits per heavy atom. The van der Waals surface area contributed by atoms with Crippen LogP contribution in [0.1, 0.15) is 48.9 Å². The molecule has 0 aliphatic carbocycles. The van der Waals surface area contributed by atoms with Crippen molar-refractivity contribution in [3.8, 4) is 11.1 Å².